The molecule has 0 bridgehead atoms. The maximum absolute atomic E-state index is 10.6. The van der Waals surface area contributed by atoms with E-state index in [0.717, 1.165) is 0 Å². The van der Waals surface area contributed by atoms with Gasteiger partial charge in [-0.2, -0.15) is 0 Å². The standard InChI is InChI=1S/C5H7N2O2S/c1-10-5-6-3(8)2-4(9)7-5/h2H2,1H3,(H,6,8)(H,7,9). The fourth-order valence-electron chi connectivity index (χ4n) is 0.621. The van der Waals surface area contributed by atoms with E-state index < -0.39 is 0 Å². The van der Waals surface area contributed by atoms with E-state index >= 15 is 0 Å². The van der Waals surface area contributed by atoms with Crippen molar-refractivity contribution in [3.05, 3.63) is 0 Å². The molecule has 0 aromatic rings. The highest BCUT2D eigenvalue weighted by Crippen LogP contribution is 1.90. The number of amides is 2. The molecule has 0 unspecified atom stereocenters. The first-order chi connectivity index (χ1) is 4.72. The van der Waals surface area contributed by atoms with Crippen LogP contribution in [-0.4, -0.2) is 23.2 Å². The van der Waals surface area contributed by atoms with Crippen LogP contribution < -0.4 is 10.6 Å². The molecule has 1 aliphatic heterocycles. The molecule has 55 valence electrons. The van der Waals surface area contributed by atoms with Crippen molar-refractivity contribution in [3.63, 3.8) is 0 Å². The van der Waals surface area contributed by atoms with Crippen LogP contribution in [0.15, 0.2) is 0 Å². The third kappa shape index (κ3) is 1.51. The van der Waals surface area contributed by atoms with Crippen molar-refractivity contribution in [2.75, 3.05) is 6.26 Å². The highest BCUT2D eigenvalue weighted by molar-refractivity contribution is 7.98. The van der Waals surface area contributed by atoms with Crippen molar-refractivity contribution in [2.45, 2.75) is 6.42 Å². The van der Waals surface area contributed by atoms with Crippen molar-refractivity contribution >= 4 is 28.3 Å². The Morgan fingerprint density at radius 1 is 1.30 bits per heavy atom. The Kier molecular flexibility index (Phi) is 1.96. The molecule has 2 N–H and O–H groups in total. The largest absolute Gasteiger partial charge is 0.303 e. The maximum Gasteiger partial charge on any atom is 0.235 e. The normalized spacial score (nSPS) is 17.9. The summed E-state index contributed by atoms with van der Waals surface area (Å²) in [4.78, 5) is 21.3. The quantitative estimate of drug-likeness (QED) is 0.354. The van der Waals surface area contributed by atoms with Gasteiger partial charge in [0.1, 0.15) is 6.42 Å². The summed E-state index contributed by atoms with van der Waals surface area (Å²) in [5.74, 6) is -0.485. The average Bonchev–Trinajstić information content (AvgIpc) is 1.85. The molecule has 0 spiro atoms. The Labute approximate surface area is 61.9 Å². The highest BCUT2D eigenvalue weighted by atomic mass is 32.1. The van der Waals surface area contributed by atoms with E-state index in [4.69, 9.17) is 0 Å². The fraction of sp³-hybridized carbons (Fsp3) is 0.400. The monoisotopic (exact) mass is 159 g/mol. The zero-order valence-electron chi connectivity index (χ0n) is 5.43. The Hall–Kier alpha value is -0.970. The smallest absolute Gasteiger partial charge is 0.235 e. The van der Waals surface area contributed by atoms with E-state index in [9.17, 15) is 9.59 Å². The highest BCUT2D eigenvalue weighted by Gasteiger charge is 2.17. The van der Waals surface area contributed by atoms with Crippen molar-refractivity contribution in [1.29, 1.82) is 0 Å². The van der Waals surface area contributed by atoms with Gasteiger partial charge >= 0.3 is 0 Å². The Morgan fingerprint density at radius 2 is 1.80 bits per heavy atom. The first kappa shape index (κ1) is 7.14. The van der Waals surface area contributed by atoms with Crippen LogP contribution in [-0.2, 0) is 9.59 Å². The third-order valence-electron chi connectivity index (χ3n) is 1.03. The Bertz CT molecular complexity index is 194. The SMILES string of the molecule is C[S]=C1NC(=O)CC(=O)N1. The molecule has 1 rings (SSSR count). The van der Waals surface area contributed by atoms with Crippen LogP contribution in [0.25, 0.3) is 0 Å². The zero-order chi connectivity index (χ0) is 7.56. The lowest BCUT2D eigenvalue weighted by molar-refractivity contribution is -0.129. The topological polar surface area (TPSA) is 58.2 Å². The first-order valence-corrected chi connectivity index (χ1v) is 3.95. The number of nitrogens with one attached hydrogen (secondary N) is 2. The number of hydrogen-bond donors (Lipinski definition) is 2. The van der Waals surface area contributed by atoms with Crippen LogP contribution in [0.5, 0.6) is 0 Å². The van der Waals surface area contributed by atoms with E-state index in [2.05, 4.69) is 10.6 Å². The van der Waals surface area contributed by atoms with Gasteiger partial charge in [0.15, 0.2) is 5.11 Å². The van der Waals surface area contributed by atoms with Gasteiger partial charge in [0.05, 0.1) is 0 Å². The van der Waals surface area contributed by atoms with E-state index in [-0.39, 0.29) is 18.2 Å². The first-order valence-electron chi connectivity index (χ1n) is 2.73. The molecule has 10 heavy (non-hydrogen) atoms. The molecule has 1 saturated heterocycles. The summed E-state index contributed by atoms with van der Waals surface area (Å²) in [6, 6.07) is 0. The summed E-state index contributed by atoms with van der Waals surface area (Å²) in [7, 11) is 0. The predicted molar refractivity (Wildman–Crippen MR) is 39.4 cm³/mol. The second kappa shape index (κ2) is 2.74. The molecular formula is C5H7N2O2S. The molecule has 0 aromatic heterocycles. The summed E-state index contributed by atoms with van der Waals surface area (Å²) in [6.45, 7) is 0. The van der Waals surface area contributed by atoms with E-state index in [1.807, 2.05) is 0 Å². The van der Waals surface area contributed by atoms with Gasteiger partial charge in [-0.1, -0.05) is 0 Å². The molecule has 5 heteroatoms. The average molecular weight is 159 g/mol. The predicted octanol–water partition coefficient (Wildman–Crippen LogP) is -0.927. The van der Waals surface area contributed by atoms with E-state index in [1.54, 1.807) is 6.26 Å². The van der Waals surface area contributed by atoms with Gasteiger partial charge in [0, 0.05) is 6.26 Å². The van der Waals surface area contributed by atoms with Crippen LogP contribution in [0.3, 0.4) is 0 Å². The number of carbonyl (C=O) groups is 2. The van der Waals surface area contributed by atoms with Gasteiger partial charge < -0.3 is 10.6 Å². The van der Waals surface area contributed by atoms with Crippen LogP contribution >= 0.6 is 11.4 Å². The molecule has 0 aliphatic carbocycles. The molecule has 0 aromatic carbocycles. The molecule has 2 amide bonds. The van der Waals surface area contributed by atoms with Gasteiger partial charge in [-0.15, -0.1) is 11.4 Å². The van der Waals surface area contributed by atoms with Crippen LogP contribution in [0.4, 0.5) is 0 Å². The summed E-state index contributed by atoms with van der Waals surface area (Å²) in [5, 5.41) is 5.53. The number of carbonyl (C=O) groups excluding carboxylic acids is 2. The molecule has 0 atom stereocenters. The molecule has 1 aliphatic rings. The lowest BCUT2D eigenvalue weighted by atomic mass is 10.3. The van der Waals surface area contributed by atoms with Crippen molar-refractivity contribution in [1.82, 2.24) is 10.6 Å². The molecule has 4 nitrogen and oxygen atoms in total. The van der Waals surface area contributed by atoms with Gasteiger partial charge in [-0.25, -0.2) is 0 Å². The number of hydrogen-bond acceptors (Lipinski definition) is 2. The summed E-state index contributed by atoms with van der Waals surface area (Å²) < 4.78 is 0. The van der Waals surface area contributed by atoms with Crippen molar-refractivity contribution in [3.8, 4) is 0 Å². The minimum atomic E-state index is -0.242. The number of rotatable bonds is 0. The fourth-order valence-corrected chi connectivity index (χ4v) is 1.05. The summed E-state index contributed by atoms with van der Waals surface area (Å²) >= 11 is 1.31. The lowest BCUT2D eigenvalue weighted by Crippen LogP contribution is -2.49. The molecular weight excluding hydrogens is 152 g/mol. The lowest BCUT2D eigenvalue weighted by Gasteiger charge is -2.14. The minimum Gasteiger partial charge on any atom is -0.303 e. The van der Waals surface area contributed by atoms with E-state index in [1.165, 1.54) is 11.4 Å². The summed E-state index contributed by atoms with van der Waals surface area (Å²) in [5.41, 5.74) is 0. The second-order valence-electron chi connectivity index (χ2n) is 1.81. The second-order valence-corrected chi connectivity index (χ2v) is 2.62. The minimum absolute atomic E-state index is 0.0654. The van der Waals surface area contributed by atoms with Crippen LogP contribution in [0.1, 0.15) is 6.42 Å². The molecule has 1 radical (unpaired) electrons. The van der Waals surface area contributed by atoms with Gasteiger partial charge in [0.2, 0.25) is 11.8 Å². The van der Waals surface area contributed by atoms with Gasteiger partial charge in [-0.05, 0) is 0 Å². The van der Waals surface area contributed by atoms with Crippen LogP contribution in [0, 0.1) is 0 Å². The van der Waals surface area contributed by atoms with Crippen molar-refractivity contribution in [2.24, 2.45) is 0 Å². The Morgan fingerprint density at radius 3 is 2.20 bits per heavy atom. The maximum atomic E-state index is 10.6. The van der Waals surface area contributed by atoms with E-state index in [0.29, 0.717) is 5.11 Å². The van der Waals surface area contributed by atoms with Gasteiger partial charge in [-0.3, -0.25) is 9.59 Å². The molecule has 1 fully saturated rings. The van der Waals surface area contributed by atoms with Gasteiger partial charge in [0.25, 0.3) is 0 Å². The molecule has 0 saturated carbocycles. The zero-order valence-corrected chi connectivity index (χ0v) is 6.25. The Balaban J connectivity index is 2.68. The third-order valence-corrected chi connectivity index (χ3v) is 1.64. The van der Waals surface area contributed by atoms with Crippen LogP contribution in [0.2, 0.25) is 0 Å². The summed E-state index contributed by atoms with van der Waals surface area (Å²) in [6.07, 6.45) is 1.71. The molecule has 1 heterocycles. The van der Waals surface area contributed by atoms with Crippen molar-refractivity contribution < 1.29 is 9.59 Å².